The van der Waals surface area contributed by atoms with Crippen LogP contribution in [-0.4, -0.2) is 64.3 Å². The predicted molar refractivity (Wildman–Crippen MR) is 216 cm³/mol. The van der Waals surface area contributed by atoms with Gasteiger partial charge in [-0.3, -0.25) is 4.72 Å². The van der Waals surface area contributed by atoms with Crippen LogP contribution in [0.15, 0.2) is 91.0 Å². The number of rotatable bonds is 17. The molecule has 0 bridgehead atoms. The molecule has 0 spiro atoms. The number of sulfonamides is 1. The standard InChI is InChI=1S/C41H53N3O7SSi/c1-8-53(9-2,10-3)51-39(31-20-23-38(37(26-31)43-52(7,46)47)49-29-30-16-12-11-13-17-30)28-44(40(45)50-41(4,5)6)24-25-48-32-21-22-34-33-18-14-15-19-35(33)42-36(34)27-32/h11-23,26-27,39,42-43H,8-10,24-25,28-29H2,1-7H3/t39-/m0/s1. The van der Waals surface area contributed by atoms with Crippen molar-refractivity contribution in [3.05, 3.63) is 102 Å². The zero-order valence-corrected chi connectivity index (χ0v) is 33.7. The van der Waals surface area contributed by atoms with Crippen LogP contribution in [0.3, 0.4) is 0 Å². The first kappa shape index (κ1) is 39.7. The van der Waals surface area contributed by atoms with Crippen molar-refractivity contribution in [2.75, 3.05) is 30.7 Å². The number of hydrogen-bond acceptors (Lipinski definition) is 7. The topological polar surface area (TPSA) is 119 Å². The van der Waals surface area contributed by atoms with E-state index in [0.29, 0.717) is 22.7 Å². The van der Waals surface area contributed by atoms with Crippen LogP contribution < -0.4 is 14.2 Å². The largest absolute Gasteiger partial charge is 0.492 e. The monoisotopic (exact) mass is 759 g/mol. The number of nitrogens with zero attached hydrogens (tertiary/aromatic N) is 1. The van der Waals surface area contributed by atoms with Crippen LogP contribution >= 0.6 is 0 Å². The number of benzene rings is 4. The lowest BCUT2D eigenvalue weighted by atomic mass is 10.1. The summed E-state index contributed by atoms with van der Waals surface area (Å²) in [5, 5.41) is 2.26. The number of carbonyl (C=O) groups is 1. The molecule has 0 unspecified atom stereocenters. The van der Waals surface area contributed by atoms with E-state index in [-0.39, 0.29) is 26.3 Å². The van der Waals surface area contributed by atoms with Crippen molar-refractivity contribution < 1.29 is 31.8 Å². The number of H-pyrrole nitrogens is 1. The molecule has 0 radical (unpaired) electrons. The molecule has 0 aliphatic heterocycles. The molecule has 1 aromatic heterocycles. The Hall–Kier alpha value is -4.52. The van der Waals surface area contributed by atoms with Crippen LogP contribution in [0.25, 0.3) is 21.8 Å². The van der Waals surface area contributed by atoms with E-state index in [4.69, 9.17) is 18.6 Å². The second-order valence-corrected chi connectivity index (χ2v) is 20.9. The maximum absolute atomic E-state index is 13.8. The van der Waals surface area contributed by atoms with Gasteiger partial charge in [-0.1, -0.05) is 75.4 Å². The number of hydrogen-bond donors (Lipinski definition) is 2. The number of amides is 1. The minimum absolute atomic E-state index is 0.163. The van der Waals surface area contributed by atoms with Gasteiger partial charge >= 0.3 is 6.09 Å². The molecule has 0 saturated carbocycles. The summed E-state index contributed by atoms with van der Waals surface area (Å²) in [6, 6.07) is 31.8. The minimum atomic E-state index is -3.66. The third kappa shape index (κ3) is 10.8. The van der Waals surface area contributed by atoms with Crippen LogP contribution in [0, 0.1) is 0 Å². The van der Waals surface area contributed by atoms with Gasteiger partial charge in [-0.15, -0.1) is 0 Å². The lowest BCUT2D eigenvalue weighted by molar-refractivity contribution is 0.0131. The van der Waals surface area contributed by atoms with Gasteiger partial charge in [-0.05, 0) is 80.4 Å². The molecular formula is C41H53N3O7SSi. The Morgan fingerprint density at radius 2 is 1.53 bits per heavy atom. The van der Waals surface area contributed by atoms with Crippen LogP contribution in [0.2, 0.25) is 18.1 Å². The van der Waals surface area contributed by atoms with Gasteiger partial charge < -0.3 is 28.5 Å². The first-order valence-corrected chi connectivity index (χ1v) is 22.7. The number of nitrogens with one attached hydrogen (secondary N) is 2. The lowest BCUT2D eigenvalue weighted by Gasteiger charge is -2.36. The Morgan fingerprint density at radius 1 is 0.849 bits per heavy atom. The number of ether oxygens (including phenoxy) is 3. The van der Waals surface area contributed by atoms with Crippen LogP contribution in [0.5, 0.6) is 11.5 Å². The van der Waals surface area contributed by atoms with Crippen molar-refractivity contribution in [2.24, 2.45) is 0 Å². The van der Waals surface area contributed by atoms with Gasteiger partial charge in [0.1, 0.15) is 30.3 Å². The Morgan fingerprint density at radius 3 is 2.21 bits per heavy atom. The fraction of sp³-hybridized carbons (Fsp3) is 0.390. The molecule has 10 nitrogen and oxygen atoms in total. The van der Waals surface area contributed by atoms with E-state index in [0.717, 1.165) is 51.8 Å². The quantitative estimate of drug-likeness (QED) is 0.0907. The van der Waals surface area contributed by atoms with E-state index in [9.17, 15) is 13.2 Å². The molecule has 0 aliphatic carbocycles. The molecule has 0 saturated heterocycles. The van der Waals surface area contributed by atoms with Crippen molar-refractivity contribution in [1.29, 1.82) is 0 Å². The number of aromatic amines is 1. The highest BCUT2D eigenvalue weighted by Crippen LogP contribution is 2.36. The second kappa shape index (κ2) is 17.1. The third-order valence-electron chi connectivity index (χ3n) is 9.38. The molecule has 284 valence electrons. The fourth-order valence-electron chi connectivity index (χ4n) is 6.38. The van der Waals surface area contributed by atoms with E-state index in [2.05, 4.69) is 36.5 Å². The Balaban J connectivity index is 1.44. The van der Waals surface area contributed by atoms with Gasteiger partial charge in [0, 0.05) is 22.4 Å². The summed E-state index contributed by atoms with van der Waals surface area (Å²) in [5.74, 6) is 1.06. The molecule has 5 rings (SSSR count). The summed E-state index contributed by atoms with van der Waals surface area (Å²) in [6.45, 7) is 12.8. The molecule has 1 atom stereocenters. The SMILES string of the molecule is CC[Si](CC)(CC)O[C@@H](CN(CCOc1ccc2c(c1)[nH]c1ccccc12)C(=O)OC(C)(C)C)c1ccc(OCc2ccccc2)c(NS(C)(=O)=O)c1. The van der Waals surface area contributed by atoms with Crippen LogP contribution in [0.4, 0.5) is 10.5 Å². The maximum Gasteiger partial charge on any atom is 0.410 e. The Bertz CT molecular complexity index is 2090. The van der Waals surface area contributed by atoms with Crippen molar-refractivity contribution >= 4 is 51.9 Å². The van der Waals surface area contributed by atoms with Gasteiger partial charge in [0.2, 0.25) is 10.0 Å². The lowest BCUT2D eigenvalue weighted by Crippen LogP contribution is -2.45. The minimum Gasteiger partial charge on any atom is -0.492 e. The summed E-state index contributed by atoms with van der Waals surface area (Å²) in [7, 11) is -5.91. The number of fused-ring (bicyclic) bond motifs is 3. The number of anilines is 1. The summed E-state index contributed by atoms with van der Waals surface area (Å²) in [4.78, 5) is 18.9. The highest BCUT2D eigenvalue weighted by atomic mass is 32.2. The number of carbonyl (C=O) groups excluding carboxylic acids is 1. The molecule has 1 heterocycles. The van der Waals surface area contributed by atoms with Crippen LogP contribution in [-0.2, 0) is 25.8 Å². The van der Waals surface area contributed by atoms with Crippen molar-refractivity contribution in [3.8, 4) is 11.5 Å². The zero-order valence-electron chi connectivity index (χ0n) is 31.9. The van der Waals surface area contributed by atoms with Gasteiger partial charge in [0.25, 0.3) is 0 Å². The highest BCUT2D eigenvalue weighted by molar-refractivity contribution is 7.92. The molecule has 1 amide bonds. The molecule has 53 heavy (non-hydrogen) atoms. The van der Waals surface area contributed by atoms with E-state index in [1.54, 1.807) is 17.0 Å². The Labute approximate surface area is 315 Å². The molecule has 2 N–H and O–H groups in total. The summed E-state index contributed by atoms with van der Waals surface area (Å²) in [5.41, 5.74) is 3.25. The van der Waals surface area contributed by atoms with E-state index < -0.39 is 36.1 Å². The van der Waals surface area contributed by atoms with Gasteiger partial charge in [-0.2, -0.15) is 0 Å². The number of para-hydroxylation sites is 1. The van der Waals surface area contributed by atoms with Gasteiger partial charge in [0.15, 0.2) is 8.32 Å². The molecule has 0 aliphatic rings. The highest BCUT2D eigenvalue weighted by Gasteiger charge is 2.35. The summed E-state index contributed by atoms with van der Waals surface area (Å²) < 4.78 is 53.1. The van der Waals surface area contributed by atoms with Crippen molar-refractivity contribution in [3.63, 3.8) is 0 Å². The van der Waals surface area contributed by atoms with Gasteiger partial charge in [-0.25, -0.2) is 13.2 Å². The maximum atomic E-state index is 13.8. The second-order valence-electron chi connectivity index (χ2n) is 14.4. The molecule has 12 heteroatoms. The first-order chi connectivity index (χ1) is 25.2. The first-order valence-electron chi connectivity index (χ1n) is 18.3. The third-order valence-corrected chi connectivity index (χ3v) is 14.6. The number of aromatic nitrogens is 1. The molecule has 5 aromatic rings. The average Bonchev–Trinajstić information content (AvgIpc) is 3.49. The van der Waals surface area contributed by atoms with Crippen molar-refractivity contribution in [1.82, 2.24) is 9.88 Å². The smallest absolute Gasteiger partial charge is 0.410 e. The van der Waals surface area contributed by atoms with E-state index >= 15 is 0 Å². The van der Waals surface area contributed by atoms with Crippen LogP contribution in [0.1, 0.15) is 58.8 Å². The Kier molecular flexibility index (Phi) is 12.8. The summed E-state index contributed by atoms with van der Waals surface area (Å²) in [6.07, 6.45) is 0.0349. The molecule has 4 aromatic carbocycles. The van der Waals surface area contributed by atoms with E-state index in [1.807, 2.05) is 93.6 Å². The van der Waals surface area contributed by atoms with Gasteiger partial charge in [0.05, 0.1) is 36.7 Å². The summed E-state index contributed by atoms with van der Waals surface area (Å²) >= 11 is 0. The van der Waals surface area contributed by atoms with E-state index in [1.165, 1.54) is 0 Å². The average molecular weight is 760 g/mol. The van der Waals surface area contributed by atoms with Crippen molar-refractivity contribution in [2.45, 2.75) is 78.0 Å². The normalized spacial score (nSPS) is 12.8. The fourth-order valence-corrected chi connectivity index (χ4v) is 9.76. The molecular weight excluding hydrogens is 707 g/mol. The zero-order chi connectivity index (χ0) is 38.2. The molecule has 0 fully saturated rings. The predicted octanol–water partition coefficient (Wildman–Crippen LogP) is 9.65.